The summed E-state index contributed by atoms with van der Waals surface area (Å²) in [6.07, 6.45) is -4.97. The van der Waals surface area contributed by atoms with Crippen molar-refractivity contribution in [3.05, 3.63) is 53.8 Å². The van der Waals surface area contributed by atoms with Gasteiger partial charge in [-0.2, -0.15) is 13.2 Å². The largest absolute Gasteiger partial charge is 0.471 e. The molecule has 2 aromatic carbocycles. The van der Waals surface area contributed by atoms with Gasteiger partial charge in [-0.25, -0.2) is 17.6 Å². The van der Waals surface area contributed by atoms with Crippen molar-refractivity contribution in [2.45, 2.75) is 42.3 Å². The molecule has 0 heterocycles. The molecule has 1 N–H and O–H groups in total. The minimum atomic E-state index is -5.00. The third kappa shape index (κ3) is 6.41. The van der Waals surface area contributed by atoms with Gasteiger partial charge in [0.2, 0.25) is 15.6 Å². The van der Waals surface area contributed by atoms with Crippen LogP contribution < -0.4 is 10.2 Å². The monoisotopic (exact) mass is 463 g/mol. The number of hydrogen-bond acceptors (Lipinski definition) is 6. The predicted octanol–water partition coefficient (Wildman–Crippen LogP) is 3.12. The van der Waals surface area contributed by atoms with Crippen LogP contribution in [0.5, 0.6) is 5.75 Å². The molecule has 0 unspecified atom stereocenters. The molecule has 0 bridgehead atoms. The summed E-state index contributed by atoms with van der Waals surface area (Å²) in [5.41, 5.74) is 0.477. The van der Waals surface area contributed by atoms with E-state index in [9.17, 15) is 35.6 Å². The molecule has 0 fully saturated rings. The molecule has 31 heavy (non-hydrogen) atoms. The van der Waals surface area contributed by atoms with Crippen molar-refractivity contribution in [3.63, 3.8) is 0 Å². The van der Waals surface area contributed by atoms with E-state index < -0.39 is 50.4 Å². The Balaban J connectivity index is 2.13. The Morgan fingerprint density at radius 2 is 1.65 bits per heavy atom. The van der Waals surface area contributed by atoms with E-state index in [0.717, 1.165) is 19.1 Å². The van der Waals surface area contributed by atoms with Gasteiger partial charge < -0.3 is 5.32 Å². The summed E-state index contributed by atoms with van der Waals surface area (Å²) in [6, 6.07) is 7.04. The lowest BCUT2D eigenvalue weighted by Gasteiger charge is -2.15. The summed E-state index contributed by atoms with van der Waals surface area (Å²) in [7, 11) is -4.11. The smallest absolute Gasteiger partial charge is 0.345 e. The van der Waals surface area contributed by atoms with Crippen LogP contribution in [0.1, 0.15) is 19.4 Å². The third-order valence-electron chi connectivity index (χ3n) is 3.87. The van der Waals surface area contributed by atoms with Crippen molar-refractivity contribution in [1.29, 1.82) is 0 Å². The molecule has 12 heteroatoms. The highest BCUT2D eigenvalue weighted by Crippen LogP contribution is 2.26. The van der Waals surface area contributed by atoms with Gasteiger partial charge in [-0.15, -0.1) is 0 Å². The summed E-state index contributed by atoms with van der Waals surface area (Å²) in [5, 5.41) is 1.80. The molecule has 0 aliphatic heterocycles. The van der Waals surface area contributed by atoms with Crippen molar-refractivity contribution in [3.8, 4) is 5.75 Å². The minimum absolute atomic E-state index is 0.0267. The zero-order chi connectivity index (χ0) is 23.4. The molecule has 0 saturated carbocycles. The second-order valence-electron chi connectivity index (χ2n) is 6.47. The molecule has 168 valence electrons. The number of amides is 1. The molecule has 0 spiro atoms. The van der Waals surface area contributed by atoms with Crippen LogP contribution in [0.25, 0.3) is 0 Å². The molecular formula is C19H17F4NO6S. The molecular weight excluding hydrogens is 446 g/mol. The lowest BCUT2D eigenvalue weighted by molar-refractivity contribution is -0.211. The zero-order valence-corrected chi connectivity index (χ0v) is 17.0. The van der Waals surface area contributed by atoms with Crippen LogP contribution >= 0.6 is 0 Å². The first-order valence-electron chi connectivity index (χ1n) is 8.67. The first kappa shape index (κ1) is 24.1. The molecule has 0 aromatic heterocycles. The van der Waals surface area contributed by atoms with E-state index >= 15 is 0 Å². The quantitative estimate of drug-likeness (QED) is 0.385. The van der Waals surface area contributed by atoms with Crippen LogP contribution in [0.4, 0.5) is 17.6 Å². The molecule has 1 amide bonds. The highest BCUT2D eigenvalue weighted by molar-refractivity contribution is 7.91. The van der Waals surface area contributed by atoms with Gasteiger partial charge in [-0.05, 0) is 49.2 Å². The average molecular weight is 463 g/mol. The maximum atomic E-state index is 14.0. The summed E-state index contributed by atoms with van der Waals surface area (Å²) in [5.74, 6) is -4.46. The highest BCUT2D eigenvalue weighted by atomic mass is 32.2. The highest BCUT2D eigenvalue weighted by Gasteiger charge is 2.39. The van der Waals surface area contributed by atoms with Gasteiger partial charge in [-0.1, -0.05) is 12.1 Å². The molecule has 1 atom stereocenters. The molecule has 2 aromatic rings. The van der Waals surface area contributed by atoms with E-state index in [-0.39, 0.29) is 11.3 Å². The Bertz CT molecular complexity index is 1070. The number of halogens is 4. The minimum Gasteiger partial charge on any atom is -0.345 e. The SMILES string of the molecule is CC(=O)OOc1ccc(S(=O)(=O)c2ccc(C[C@@H](C)NC(=O)C(F)(F)F)cc2)cc1F. The molecule has 0 saturated heterocycles. The molecule has 2 rings (SSSR count). The maximum absolute atomic E-state index is 14.0. The van der Waals surface area contributed by atoms with Gasteiger partial charge in [0.05, 0.1) is 9.79 Å². The maximum Gasteiger partial charge on any atom is 0.471 e. The molecule has 0 aliphatic rings. The van der Waals surface area contributed by atoms with Gasteiger partial charge in [-0.3, -0.25) is 14.6 Å². The fourth-order valence-corrected chi connectivity index (χ4v) is 3.74. The lowest BCUT2D eigenvalue weighted by atomic mass is 10.1. The van der Waals surface area contributed by atoms with Crippen molar-refractivity contribution < 1.29 is 45.3 Å². The van der Waals surface area contributed by atoms with Crippen molar-refractivity contribution in [2.75, 3.05) is 0 Å². The number of alkyl halides is 3. The Kier molecular flexibility index (Phi) is 7.26. The number of sulfone groups is 1. The standard InChI is InChI=1S/C19H17F4NO6S/c1-11(24-18(26)19(21,22)23)9-13-3-5-14(6-4-13)31(27,28)15-7-8-17(16(20)10-15)30-29-12(2)25/h3-8,10-11H,9H2,1-2H3,(H,24,26)/t11-/m1/s1. The number of carbonyl (C=O) groups excluding carboxylic acids is 2. The molecule has 0 radical (unpaired) electrons. The summed E-state index contributed by atoms with van der Waals surface area (Å²) in [4.78, 5) is 29.7. The van der Waals surface area contributed by atoms with Gasteiger partial charge in [0.15, 0.2) is 5.82 Å². The van der Waals surface area contributed by atoms with E-state index in [4.69, 9.17) is 0 Å². The van der Waals surface area contributed by atoms with Gasteiger partial charge in [0.25, 0.3) is 0 Å². The van der Waals surface area contributed by atoms with E-state index in [0.29, 0.717) is 11.6 Å². The van der Waals surface area contributed by atoms with Crippen LogP contribution in [0.15, 0.2) is 52.3 Å². The van der Waals surface area contributed by atoms with Gasteiger partial charge in [0.1, 0.15) is 0 Å². The van der Waals surface area contributed by atoms with Crippen LogP contribution in [0.2, 0.25) is 0 Å². The second-order valence-corrected chi connectivity index (χ2v) is 8.42. The number of carbonyl (C=O) groups is 2. The van der Waals surface area contributed by atoms with Gasteiger partial charge in [0, 0.05) is 13.0 Å². The number of benzene rings is 2. The first-order chi connectivity index (χ1) is 14.3. The van der Waals surface area contributed by atoms with Crippen molar-refractivity contribution in [2.24, 2.45) is 0 Å². The number of hydrogen-bond donors (Lipinski definition) is 1. The Morgan fingerprint density at radius 1 is 1.06 bits per heavy atom. The Morgan fingerprint density at radius 3 is 2.16 bits per heavy atom. The molecule has 0 aliphatic carbocycles. The van der Waals surface area contributed by atoms with Crippen LogP contribution in [-0.2, 0) is 30.7 Å². The predicted molar refractivity (Wildman–Crippen MR) is 98.1 cm³/mol. The number of rotatable bonds is 7. The summed E-state index contributed by atoms with van der Waals surface area (Å²) >= 11 is 0. The zero-order valence-electron chi connectivity index (χ0n) is 16.2. The van der Waals surface area contributed by atoms with E-state index in [1.807, 2.05) is 0 Å². The summed E-state index contributed by atoms with van der Waals surface area (Å²) < 4.78 is 76.3. The summed E-state index contributed by atoms with van der Waals surface area (Å²) in [6.45, 7) is 2.40. The fourth-order valence-electron chi connectivity index (χ4n) is 2.47. The van der Waals surface area contributed by atoms with Gasteiger partial charge >= 0.3 is 18.1 Å². The average Bonchev–Trinajstić information content (AvgIpc) is 2.66. The van der Waals surface area contributed by atoms with Crippen LogP contribution in [0, 0.1) is 5.82 Å². The topological polar surface area (TPSA) is 98.8 Å². The Hall–Kier alpha value is -3.15. The molecule has 7 nitrogen and oxygen atoms in total. The first-order valence-corrected chi connectivity index (χ1v) is 10.2. The van der Waals surface area contributed by atoms with Crippen LogP contribution in [0.3, 0.4) is 0 Å². The normalized spacial score (nSPS) is 12.7. The third-order valence-corrected chi connectivity index (χ3v) is 5.64. The fraction of sp³-hybridized carbons (Fsp3) is 0.263. The number of nitrogens with one attached hydrogen (secondary N) is 1. The second kappa shape index (κ2) is 9.33. The van der Waals surface area contributed by atoms with E-state index in [1.54, 1.807) is 5.32 Å². The van der Waals surface area contributed by atoms with Crippen LogP contribution in [-0.4, -0.2) is 32.5 Å². The van der Waals surface area contributed by atoms with E-state index in [2.05, 4.69) is 9.78 Å². The Labute approximate surface area is 174 Å². The van der Waals surface area contributed by atoms with Crippen molar-refractivity contribution in [1.82, 2.24) is 5.32 Å². The lowest BCUT2D eigenvalue weighted by Crippen LogP contribution is -2.42. The van der Waals surface area contributed by atoms with E-state index in [1.165, 1.54) is 31.2 Å². The van der Waals surface area contributed by atoms with Crippen molar-refractivity contribution >= 4 is 21.7 Å².